The van der Waals surface area contributed by atoms with Gasteiger partial charge in [0.05, 0.1) is 6.04 Å². The first-order valence-electron chi connectivity index (χ1n) is 6.59. The summed E-state index contributed by atoms with van der Waals surface area (Å²) in [5.41, 5.74) is 5.91. The predicted molar refractivity (Wildman–Crippen MR) is 68.6 cm³/mol. The van der Waals surface area contributed by atoms with Gasteiger partial charge in [-0.3, -0.25) is 4.79 Å². The monoisotopic (exact) mass is 242 g/mol. The van der Waals surface area contributed by atoms with Crippen LogP contribution < -0.4 is 5.73 Å². The van der Waals surface area contributed by atoms with Crippen molar-refractivity contribution in [3.05, 3.63) is 0 Å². The van der Waals surface area contributed by atoms with Gasteiger partial charge in [0.15, 0.2) is 0 Å². The van der Waals surface area contributed by atoms with E-state index < -0.39 is 0 Å². The molecule has 0 aliphatic carbocycles. The summed E-state index contributed by atoms with van der Waals surface area (Å²) in [6.45, 7) is 6.64. The molecule has 1 saturated heterocycles. The van der Waals surface area contributed by atoms with E-state index in [9.17, 15) is 4.79 Å². The number of carbonyl (C=O) groups is 1. The molecular weight excluding hydrogens is 216 g/mol. The Labute approximate surface area is 104 Å². The van der Waals surface area contributed by atoms with Crippen molar-refractivity contribution >= 4 is 5.91 Å². The van der Waals surface area contributed by atoms with Gasteiger partial charge >= 0.3 is 0 Å². The number of hydrogen-bond acceptors (Lipinski definition) is 3. The fraction of sp³-hybridized carbons (Fsp3) is 0.923. The molecular formula is C13H26N2O2. The van der Waals surface area contributed by atoms with Crippen LogP contribution in [0.25, 0.3) is 0 Å². The molecule has 0 bridgehead atoms. The smallest absolute Gasteiger partial charge is 0.239 e. The zero-order valence-electron chi connectivity index (χ0n) is 11.3. The predicted octanol–water partition coefficient (Wildman–Crippen LogP) is 1.24. The van der Waals surface area contributed by atoms with Gasteiger partial charge in [-0.25, -0.2) is 0 Å². The Morgan fingerprint density at radius 2 is 2.00 bits per heavy atom. The highest BCUT2D eigenvalue weighted by molar-refractivity contribution is 5.81. The van der Waals surface area contributed by atoms with Gasteiger partial charge in [-0.1, -0.05) is 13.8 Å². The highest BCUT2D eigenvalue weighted by Gasteiger charge is 2.22. The molecule has 4 nitrogen and oxygen atoms in total. The number of nitrogens with zero attached hydrogens (tertiary/aromatic N) is 1. The van der Waals surface area contributed by atoms with Gasteiger partial charge in [-0.2, -0.15) is 0 Å². The quantitative estimate of drug-likeness (QED) is 0.789. The fourth-order valence-electron chi connectivity index (χ4n) is 2.30. The van der Waals surface area contributed by atoms with E-state index >= 15 is 0 Å². The van der Waals surface area contributed by atoms with Gasteiger partial charge in [-0.05, 0) is 31.1 Å². The van der Waals surface area contributed by atoms with Crippen molar-refractivity contribution < 1.29 is 9.53 Å². The molecule has 0 spiro atoms. The molecule has 1 rings (SSSR count). The molecule has 1 aliphatic heterocycles. The van der Waals surface area contributed by atoms with Crippen LogP contribution in [0.2, 0.25) is 0 Å². The third-order valence-electron chi connectivity index (χ3n) is 3.29. The molecule has 1 unspecified atom stereocenters. The summed E-state index contributed by atoms with van der Waals surface area (Å²) in [7, 11) is 1.86. The average molecular weight is 242 g/mol. The molecule has 1 atom stereocenters. The van der Waals surface area contributed by atoms with E-state index in [2.05, 4.69) is 13.8 Å². The minimum absolute atomic E-state index is 0.0743. The van der Waals surface area contributed by atoms with Crippen LogP contribution in [0.5, 0.6) is 0 Å². The Morgan fingerprint density at radius 1 is 1.41 bits per heavy atom. The molecule has 0 saturated carbocycles. The van der Waals surface area contributed by atoms with Gasteiger partial charge < -0.3 is 15.4 Å². The molecule has 100 valence electrons. The van der Waals surface area contributed by atoms with Crippen LogP contribution in [0.1, 0.15) is 33.1 Å². The Balaban J connectivity index is 2.34. The van der Waals surface area contributed by atoms with Gasteiger partial charge in [-0.15, -0.1) is 0 Å². The number of nitrogens with two attached hydrogens (primary N) is 1. The molecule has 0 aromatic heterocycles. The van der Waals surface area contributed by atoms with E-state index in [4.69, 9.17) is 10.5 Å². The lowest BCUT2D eigenvalue weighted by atomic mass is 9.99. The second-order valence-corrected chi connectivity index (χ2v) is 5.51. The van der Waals surface area contributed by atoms with Crippen LogP contribution in [0.4, 0.5) is 0 Å². The summed E-state index contributed by atoms with van der Waals surface area (Å²) in [5, 5.41) is 0. The second kappa shape index (κ2) is 6.97. The third-order valence-corrected chi connectivity index (χ3v) is 3.29. The number of carbonyl (C=O) groups excluding carboxylic acids is 1. The molecule has 1 aliphatic rings. The number of rotatable bonds is 5. The van der Waals surface area contributed by atoms with Crippen LogP contribution in [0.15, 0.2) is 0 Å². The molecule has 1 fully saturated rings. The number of likely N-dealkylation sites (N-methyl/N-ethyl adjacent to an activating group) is 1. The van der Waals surface area contributed by atoms with Crippen LogP contribution >= 0.6 is 0 Å². The van der Waals surface area contributed by atoms with Gasteiger partial charge in [0.1, 0.15) is 0 Å². The third kappa shape index (κ3) is 5.04. The van der Waals surface area contributed by atoms with Crippen LogP contribution in [0.3, 0.4) is 0 Å². The van der Waals surface area contributed by atoms with Crippen molar-refractivity contribution in [3.8, 4) is 0 Å². The van der Waals surface area contributed by atoms with E-state index in [1.165, 1.54) is 0 Å². The first-order valence-corrected chi connectivity index (χ1v) is 6.59. The number of amides is 1. The van der Waals surface area contributed by atoms with E-state index in [1.807, 2.05) is 7.05 Å². The zero-order chi connectivity index (χ0) is 12.8. The normalized spacial score (nSPS) is 19.4. The lowest BCUT2D eigenvalue weighted by Crippen LogP contribution is -2.44. The van der Waals surface area contributed by atoms with E-state index in [0.29, 0.717) is 11.8 Å². The van der Waals surface area contributed by atoms with Gasteiger partial charge in [0.25, 0.3) is 0 Å². The van der Waals surface area contributed by atoms with E-state index in [0.717, 1.165) is 39.0 Å². The molecule has 17 heavy (non-hydrogen) atoms. The number of ether oxygens (including phenoxy) is 1. The van der Waals surface area contributed by atoms with Crippen LogP contribution in [-0.2, 0) is 9.53 Å². The molecule has 4 heteroatoms. The van der Waals surface area contributed by atoms with Crippen LogP contribution in [0, 0.1) is 11.8 Å². The second-order valence-electron chi connectivity index (χ2n) is 5.51. The zero-order valence-corrected chi connectivity index (χ0v) is 11.3. The average Bonchev–Trinajstić information content (AvgIpc) is 2.28. The van der Waals surface area contributed by atoms with E-state index in [1.54, 1.807) is 4.90 Å². The Bertz CT molecular complexity index is 238. The van der Waals surface area contributed by atoms with Crippen molar-refractivity contribution in [3.63, 3.8) is 0 Å². The van der Waals surface area contributed by atoms with Gasteiger partial charge in [0.2, 0.25) is 5.91 Å². The largest absolute Gasteiger partial charge is 0.381 e. The first kappa shape index (κ1) is 14.5. The van der Waals surface area contributed by atoms with Crippen molar-refractivity contribution in [2.75, 3.05) is 26.8 Å². The lowest BCUT2D eigenvalue weighted by Gasteiger charge is -2.29. The summed E-state index contributed by atoms with van der Waals surface area (Å²) in [6, 6.07) is -0.347. The minimum Gasteiger partial charge on any atom is -0.381 e. The molecule has 2 N–H and O–H groups in total. The minimum atomic E-state index is -0.347. The first-order chi connectivity index (χ1) is 8.00. The van der Waals surface area contributed by atoms with Crippen molar-refractivity contribution in [1.29, 1.82) is 0 Å². The Kier molecular flexibility index (Phi) is 5.92. The molecule has 0 radical (unpaired) electrons. The van der Waals surface area contributed by atoms with Gasteiger partial charge in [0, 0.05) is 26.8 Å². The summed E-state index contributed by atoms with van der Waals surface area (Å²) < 4.78 is 5.31. The van der Waals surface area contributed by atoms with E-state index in [-0.39, 0.29) is 11.9 Å². The summed E-state index contributed by atoms with van der Waals surface area (Å²) in [5.74, 6) is 1.11. The lowest BCUT2D eigenvalue weighted by molar-refractivity contribution is -0.132. The molecule has 0 aromatic rings. The summed E-state index contributed by atoms with van der Waals surface area (Å²) >= 11 is 0. The Hall–Kier alpha value is -0.610. The summed E-state index contributed by atoms with van der Waals surface area (Å²) in [4.78, 5) is 13.8. The van der Waals surface area contributed by atoms with Crippen LogP contribution in [-0.4, -0.2) is 43.7 Å². The molecule has 1 amide bonds. The van der Waals surface area contributed by atoms with Crippen molar-refractivity contribution in [1.82, 2.24) is 4.90 Å². The maximum Gasteiger partial charge on any atom is 0.239 e. The maximum atomic E-state index is 12.0. The Morgan fingerprint density at radius 3 is 2.53 bits per heavy atom. The SMILES string of the molecule is CC(C)CC(N)C(=O)N(C)CC1CCOCC1. The standard InChI is InChI=1S/C13H26N2O2/c1-10(2)8-12(14)13(16)15(3)9-11-4-6-17-7-5-11/h10-12H,4-9,14H2,1-3H3. The topological polar surface area (TPSA) is 55.6 Å². The highest BCUT2D eigenvalue weighted by Crippen LogP contribution is 2.16. The van der Waals surface area contributed by atoms with Crippen molar-refractivity contribution in [2.45, 2.75) is 39.2 Å². The van der Waals surface area contributed by atoms with Crippen molar-refractivity contribution in [2.24, 2.45) is 17.6 Å². The maximum absolute atomic E-state index is 12.0. The molecule has 0 aromatic carbocycles. The fourth-order valence-corrected chi connectivity index (χ4v) is 2.30. The number of hydrogen-bond donors (Lipinski definition) is 1. The highest BCUT2D eigenvalue weighted by atomic mass is 16.5. The molecule has 1 heterocycles. The summed E-state index contributed by atoms with van der Waals surface area (Å²) in [6.07, 6.45) is 2.87.